The van der Waals surface area contributed by atoms with Crippen molar-refractivity contribution in [1.82, 2.24) is 16.0 Å². The first-order chi connectivity index (χ1) is 16.0. The first kappa shape index (κ1) is 21.8. The van der Waals surface area contributed by atoms with E-state index in [-0.39, 0.29) is 35.5 Å². The van der Waals surface area contributed by atoms with Crippen LogP contribution in [-0.4, -0.2) is 43.7 Å². The van der Waals surface area contributed by atoms with Gasteiger partial charge in [-0.15, -0.1) is 0 Å². The van der Waals surface area contributed by atoms with E-state index in [1.54, 1.807) is 12.1 Å². The van der Waals surface area contributed by atoms with Crippen molar-refractivity contribution >= 4 is 23.2 Å². The van der Waals surface area contributed by atoms with Gasteiger partial charge >= 0.3 is 0 Å². The summed E-state index contributed by atoms with van der Waals surface area (Å²) < 4.78 is 26.5. The van der Waals surface area contributed by atoms with Gasteiger partial charge in [0.1, 0.15) is 0 Å². The van der Waals surface area contributed by atoms with Crippen LogP contribution in [0.15, 0.2) is 42.5 Å². The first-order valence-electron chi connectivity index (χ1n) is 11.4. The highest BCUT2D eigenvalue weighted by atomic mass is 19.2. The van der Waals surface area contributed by atoms with Gasteiger partial charge in [-0.3, -0.25) is 14.9 Å². The molecule has 0 aromatic heterocycles. The highest BCUT2D eigenvalue weighted by Gasteiger charge is 2.49. The summed E-state index contributed by atoms with van der Waals surface area (Å²) >= 11 is 0. The molecular formula is C24H27F2N5O2. The van der Waals surface area contributed by atoms with Gasteiger partial charge in [0.05, 0.1) is 12.1 Å². The normalized spacial score (nSPS) is 28.8. The monoisotopic (exact) mass is 455 g/mol. The molecule has 5 unspecified atom stereocenters. The van der Waals surface area contributed by atoms with Crippen LogP contribution in [0.3, 0.4) is 0 Å². The fourth-order valence-corrected chi connectivity index (χ4v) is 5.41. The van der Waals surface area contributed by atoms with Gasteiger partial charge in [0, 0.05) is 35.4 Å². The van der Waals surface area contributed by atoms with Crippen molar-refractivity contribution in [3.8, 4) is 0 Å². The molecule has 0 bridgehead atoms. The predicted octanol–water partition coefficient (Wildman–Crippen LogP) is 2.29. The van der Waals surface area contributed by atoms with Crippen molar-refractivity contribution < 1.29 is 18.4 Å². The van der Waals surface area contributed by atoms with Gasteiger partial charge in [-0.25, -0.2) is 8.78 Å². The summed E-state index contributed by atoms with van der Waals surface area (Å²) in [4.78, 5) is 24.9. The molecule has 2 aromatic carbocycles. The number of carbonyl (C=O) groups excluding carboxylic acids is 2. The molecule has 7 nitrogen and oxygen atoms in total. The molecule has 5 N–H and O–H groups in total. The lowest BCUT2D eigenvalue weighted by Gasteiger charge is -2.51. The summed E-state index contributed by atoms with van der Waals surface area (Å²) in [5, 5.41) is 16.3. The Morgan fingerprint density at radius 3 is 2.55 bits per heavy atom. The second-order valence-electron chi connectivity index (χ2n) is 8.98. The van der Waals surface area contributed by atoms with Crippen LogP contribution < -0.4 is 26.6 Å². The molecule has 174 valence electrons. The third-order valence-electron chi connectivity index (χ3n) is 7.01. The summed E-state index contributed by atoms with van der Waals surface area (Å²) in [5.74, 6) is -1.82. The number of nitrogens with one attached hydrogen (secondary N) is 5. The van der Waals surface area contributed by atoms with Crippen molar-refractivity contribution in [2.24, 2.45) is 17.8 Å². The lowest BCUT2D eigenvalue weighted by atomic mass is 9.68. The van der Waals surface area contributed by atoms with Crippen molar-refractivity contribution in [1.29, 1.82) is 0 Å². The number of piperidine rings is 3. The molecule has 5 rings (SSSR count). The van der Waals surface area contributed by atoms with E-state index in [1.165, 1.54) is 6.07 Å². The molecule has 0 spiro atoms. The minimum absolute atomic E-state index is 0.00177. The van der Waals surface area contributed by atoms with E-state index in [4.69, 9.17) is 0 Å². The third kappa shape index (κ3) is 4.43. The summed E-state index contributed by atoms with van der Waals surface area (Å²) in [7, 11) is 0. The standard InChI is InChI=1S/C24H27F2N5O2/c25-18-6-1-13(11-19(18)26)23(32)30-15-4-2-14(3-5-15)29-20-8-10-28-22-21(20)16-7-9-27-12-17(16)24(33)31-22/h1-6,11,16-17,20-22,27-29H,7-10,12H2,(H,30,32)(H,31,33). The minimum Gasteiger partial charge on any atom is -0.382 e. The van der Waals surface area contributed by atoms with E-state index in [0.29, 0.717) is 11.6 Å². The molecule has 0 radical (unpaired) electrons. The largest absolute Gasteiger partial charge is 0.382 e. The summed E-state index contributed by atoms with van der Waals surface area (Å²) in [6.07, 6.45) is 1.90. The van der Waals surface area contributed by atoms with Gasteiger partial charge in [0.25, 0.3) is 5.91 Å². The first-order valence-corrected chi connectivity index (χ1v) is 11.4. The molecule has 3 saturated heterocycles. The maximum absolute atomic E-state index is 13.4. The van der Waals surface area contributed by atoms with Crippen molar-refractivity contribution in [3.05, 3.63) is 59.7 Å². The molecule has 3 heterocycles. The Labute approximate surface area is 190 Å². The van der Waals surface area contributed by atoms with Gasteiger partial charge in [0.15, 0.2) is 11.6 Å². The van der Waals surface area contributed by atoms with Crippen molar-refractivity contribution in [2.45, 2.75) is 25.0 Å². The lowest BCUT2D eigenvalue weighted by Crippen LogP contribution is -2.69. The number of fused-ring (bicyclic) bond motifs is 3. The van der Waals surface area contributed by atoms with Crippen LogP contribution >= 0.6 is 0 Å². The van der Waals surface area contributed by atoms with Crippen LogP contribution in [-0.2, 0) is 4.79 Å². The van der Waals surface area contributed by atoms with E-state index in [2.05, 4.69) is 26.6 Å². The molecule has 0 saturated carbocycles. The molecule has 3 aliphatic heterocycles. The maximum atomic E-state index is 13.4. The molecule has 33 heavy (non-hydrogen) atoms. The molecule has 5 atom stereocenters. The topological polar surface area (TPSA) is 94.3 Å². The van der Waals surface area contributed by atoms with Gasteiger partial charge in [-0.1, -0.05) is 0 Å². The van der Waals surface area contributed by atoms with Crippen LogP contribution in [0.2, 0.25) is 0 Å². The highest BCUT2D eigenvalue weighted by molar-refractivity contribution is 6.04. The van der Waals surface area contributed by atoms with Crippen LogP contribution in [0.1, 0.15) is 23.2 Å². The highest BCUT2D eigenvalue weighted by Crippen LogP contribution is 2.38. The number of benzene rings is 2. The number of hydrogen-bond acceptors (Lipinski definition) is 5. The van der Waals surface area contributed by atoms with E-state index in [0.717, 1.165) is 50.3 Å². The maximum Gasteiger partial charge on any atom is 0.255 e. The number of amides is 2. The predicted molar refractivity (Wildman–Crippen MR) is 121 cm³/mol. The summed E-state index contributed by atoms with van der Waals surface area (Å²) in [6, 6.07) is 10.6. The zero-order chi connectivity index (χ0) is 22.9. The molecule has 3 fully saturated rings. The van der Waals surface area contributed by atoms with Gasteiger partial charge in [-0.05, 0) is 74.3 Å². The van der Waals surface area contributed by atoms with E-state index in [9.17, 15) is 18.4 Å². The molecule has 2 aromatic rings. The van der Waals surface area contributed by atoms with Gasteiger partial charge in [-0.2, -0.15) is 0 Å². The van der Waals surface area contributed by atoms with E-state index >= 15 is 0 Å². The average Bonchev–Trinajstić information content (AvgIpc) is 2.82. The molecular weight excluding hydrogens is 428 g/mol. The smallest absolute Gasteiger partial charge is 0.255 e. The second kappa shape index (κ2) is 9.07. The second-order valence-corrected chi connectivity index (χ2v) is 8.98. The Kier molecular flexibility index (Phi) is 5.99. The Bertz CT molecular complexity index is 1050. The summed E-state index contributed by atoms with van der Waals surface area (Å²) in [6.45, 7) is 2.46. The third-order valence-corrected chi connectivity index (χ3v) is 7.01. The fourth-order valence-electron chi connectivity index (χ4n) is 5.41. The van der Waals surface area contributed by atoms with Crippen molar-refractivity contribution in [3.63, 3.8) is 0 Å². The van der Waals surface area contributed by atoms with E-state index in [1.807, 2.05) is 12.1 Å². The Morgan fingerprint density at radius 2 is 1.76 bits per heavy atom. The van der Waals surface area contributed by atoms with Crippen molar-refractivity contribution in [2.75, 3.05) is 30.3 Å². The minimum atomic E-state index is -1.06. The summed E-state index contributed by atoms with van der Waals surface area (Å²) in [5.41, 5.74) is 1.53. The van der Waals surface area contributed by atoms with Crippen LogP contribution in [0.5, 0.6) is 0 Å². The molecule has 3 aliphatic rings. The van der Waals surface area contributed by atoms with E-state index < -0.39 is 17.5 Å². The SMILES string of the molecule is O=C(Nc1ccc(NC2CCNC3NC(=O)C4CNCCC4C23)cc1)c1ccc(F)c(F)c1. The number of carbonyl (C=O) groups is 2. The molecule has 9 heteroatoms. The quantitative estimate of drug-likeness (QED) is 0.488. The van der Waals surface area contributed by atoms with Crippen LogP contribution in [0.4, 0.5) is 20.2 Å². The zero-order valence-corrected chi connectivity index (χ0v) is 18.0. The van der Waals surface area contributed by atoms with Crippen LogP contribution in [0, 0.1) is 29.4 Å². The molecule has 2 amide bonds. The molecule has 0 aliphatic carbocycles. The van der Waals surface area contributed by atoms with Gasteiger partial charge < -0.3 is 21.3 Å². The van der Waals surface area contributed by atoms with Crippen LogP contribution in [0.25, 0.3) is 0 Å². The number of anilines is 2. The number of rotatable bonds is 4. The fraction of sp³-hybridized carbons (Fsp3) is 0.417. The average molecular weight is 456 g/mol. The Balaban J connectivity index is 1.26. The Morgan fingerprint density at radius 1 is 0.970 bits per heavy atom. The number of hydrogen-bond donors (Lipinski definition) is 5. The zero-order valence-electron chi connectivity index (χ0n) is 18.0. The Hall–Kier alpha value is -3.04. The number of halogens is 2. The van der Waals surface area contributed by atoms with Gasteiger partial charge in [0.2, 0.25) is 5.91 Å². The lowest BCUT2D eigenvalue weighted by molar-refractivity contribution is -0.135.